The van der Waals surface area contributed by atoms with Crippen LogP contribution in [0, 0.1) is 5.92 Å². The number of rotatable bonds is 4. The van der Waals surface area contributed by atoms with Gasteiger partial charge >= 0.3 is 0 Å². The van der Waals surface area contributed by atoms with Gasteiger partial charge in [-0.05, 0) is 38.5 Å². The van der Waals surface area contributed by atoms with Gasteiger partial charge in [0.05, 0.1) is 12.4 Å². The summed E-state index contributed by atoms with van der Waals surface area (Å²) in [5, 5.41) is 13.1. The summed E-state index contributed by atoms with van der Waals surface area (Å²) in [4.78, 5) is 82.8. The second-order valence-corrected chi connectivity index (χ2v) is 10.3. The van der Waals surface area contributed by atoms with Gasteiger partial charge in [0.1, 0.15) is 24.2 Å². The number of primary amides is 1. The van der Waals surface area contributed by atoms with Gasteiger partial charge in [0.15, 0.2) is 0 Å². The van der Waals surface area contributed by atoms with Gasteiger partial charge in [-0.2, -0.15) is 0 Å². The minimum atomic E-state index is -1.11. The number of nitrogens with one attached hydrogen (secondary N) is 6. The molecule has 1 aliphatic rings. The van der Waals surface area contributed by atoms with E-state index in [1.165, 1.54) is 19.4 Å². The molecule has 1 aromatic heterocycles. The van der Waals surface area contributed by atoms with Gasteiger partial charge in [-0.15, -0.1) is 0 Å². The lowest BCUT2D eigenvalue weighted by Crippen LogP contribution is -2.59. The van der Waals surface area contributed by atoms with Crippen molar-refractivity contribution in [2.75, 3.05) is 6.54 Å². The third kappa shape index (κ3) is 10.3. The average molecular weight is 564 g/mol. The van der Waals surface area contributed by atoms with E-state index in [0.717, 1.165) is 0 Å². The molecule has 5 atom stereocenters. The van der Waals surface area contributed by atoms with Crippen molar-refractivity contribution in [3.8, 4) is 0 Å². The standard InChI is InChI=1S/C25H41N9O6/c1-13(2)20-25(40)32-17(21(27)36)6-4-5-9-29-19(35)8-7-16(26)23(38)33-18(10-15-11-28-12-30-15)24(39)31-14(3)22(37)34-20/h11-14,16-18,20H,4-10,26H2,1-3H3,(H2,27,36)(H,28,30)(H,29,35)(H,31,39)(H,32,40)(H,33,38)(H,34,37)/t14?,16?,17?,18-,20?/m0/s1. The van der Waals surface area contributed by atoms with Gasteiger partial charge in [0, 0.05) is 31.3 Å². The lowest BCUT2D eigenvalue weighted by Gasteiger charge is -2.26. The quantitative estimate of drug-likeness (QED) is 0.193. The van der Waals surface area contributed by atoms with E-state index in [4.69, 9.17) is 11.5 Å². The summed E-state index contributed by atoms with van der Waals surface area (Å²) >= 11 is 0. The zero-order valence-corrected chi connectivity index (χ0v) is 23.1. The van der Waals surface area contributed by atoms with Gasteiger partial charge in [0.25, 0.3) is 0 Å². The highest BCUT2D eigenvalue weighted by Gasteiger charge is 2.31. The largest absolute Gasteiger partial charge is 0.368 e. The third-order valence-electron chi connectivity index (χ3n) is 6.53. The Kier molecular flexibility index (Phi) is 12.5. The molecule has 1 fully saturated rings. The molecule has 0 aromatic carbocycles. The maximum atomic E-state index is 13.1. The van der Waals surface area contributed by atoms with Gasteiger partial charge in [0.2, 0.25) is 35.4 Å². The highest BCUT2D eigenvalue weighted by molar-refractivity contribution is 5.95. The molecule has 0 radical (unpaired) electrons. The predicted molar refractivity (Wildman–Crippen MR) is 144 cm³/mol. The molecule has 1 aliphatic heterocycles. The minimum absolute atomic E-state index is 0.0141. The highest BCUT2D eigenvalue weighted by atomic mass is 16.2. The number of H-pyrrole nitrogens is 1. The van der Waals surface area contributed by atoms with Crippen molar-refractivity contribution in [3.63, 3.8) is 0 Å². The van der Waals surface area contributed by atoms with Crippen LogP contribution in [0.25, 0.3) is 0 Å². The van der Waals surface area contributed by atoms with Crippen molar-refractivity contribution < 1.29 is 28.8 Å². The van der Waals surface area contributed by atoms with E-state index in [9.17, 15) is 28.8 Å². The van der Waals surface area contributed by atoms with Gasteiger partial charge in [-0.1, -0.05) is 13.8 Å². The maximum Gasteiger partial charge on any atom is 0.243 e. The van der Waals surface area contributed by atoms with Crippen molar-refractivity contribution in [1.29, 1.82) is 0 Å². The van der Waals surface area contributed by atoms with Crippen LogP contribution in [0.2, 0.25) is 0 Å². The summed E-state index contributed by atoms with van der Waals surface area (Å²) in [6.07, 6.45) is 4.21. The Balaban J connectivity index is 2.26. The fraction of sp³-hybridized carbons (Fsp3) is 0.640. The molecular weight excluding hydrogens is 522 g/mol. The van der Waals surface area contributed by atoms with Crippen LogP contribution in [0.5, 0.6) is 0 Å². The van der Waals surface area contributed by atoms with Crippen LogP contribution >= 0.6 is 0 Å². The van der Waals surface area contributed by atoms with Crippen molar-refractivity contribution in [2.24, 2.45) is 17.4 Å². The Bertz CT molecular complexity index is 1050. The van der Waals surface area contributed by atoms with Crippen molar-refractivity contribution in [3.05, 3.63) is 18.2 Å². The summed E-state index contributed by atoms with van der Waals surface area (Å²) < 4.78 is 0. The van der Waals surface area contributed by atoms with Crippen molar-refractivity contribution >= 4 is 35.4 Å². The molecule has 10 N–H and O–H groups in total. The summed E-state index contributed by atoms with van der Waals surface area (Å²) in [5.41, 5.74) is 12.0. The molecular formula is C25H41N9O6. The van der Waals surface area contributed by atoms with E-state index >= 15 is 0 Å². The molecule has 4 unspecified atom stereocenters. The topological polar surface area (TPSA) is 243 Å². The second-order valence-electron chi connectivity index (χ2n) is 10.3. The first-order valence-electron chi connectivity index (χ1n) is 13.4. The summed E-state index contributed by atoms with van der Waals surface area (Å²) in [7, 11) is 0. The number of hydrogen-bond donors (Lipinski definition) is 8. The second kappa shape index (κ2) is 15.5. The lowest BCUT2D eigenvalue weighted by molar-refractivity contribution is -0.134. The maximum absolute atomic E-state index is 13.1. The number of carbonyl (C=O) groups is 6. The van der Waals surface area contributed by atoms with E-state index < -0.39 is 59.7 Å². The Hall–Kier alpha value is -4.01. The highest BCUT2D eigenvalue weighted by Crippen LogP contribution is 2.07. The Morgan fingerprint density at radius 3 is 2.33 bits per heavy atom. The Morgan fingerprint density at radius 2 is 1.70 bits per heavy atom. The number of imidazole rings is 1. The number of nitrogens with two attached hydrogens (primary N) is 2. The minimum Gasteiger partial charge on any atom is -0.368 e. The first-order chi connectivity index (χ1) is 18.9. The normalized spacial score (nSPS) is 26.9. The molecule has 40 heavy (non-hydrogen) atoms. The summed E-state index contributed by atoms with van der Waals surface area (Å²) in [6, 6.07) is -5.23. The SMILES string of the molecule is CC1NC(=O)[C@H](Cc2cnc[nH]2)NC(=O)C(N)CCC(=O)NCCCCC(C(N)=O)NC(=O)C(C(C)C)NC1=O. The van der Waals surface area contributed by atoms with Crippen LogP contribution in [0.15, 0.2) is 12.5 Å². The molecule has 1 saturated heterocycles. The third-order valence-corrected chi connectivity index (χ3v) is 6.53. The lowest BCUT2D eigenvalue weighted by atomic mass is 10.0. The fourth-order valence-electron chi connectivity index (χ4n) is 4.05. The molecule has 0 saturated carbocycles. The molecule has 6 amide bonds. The fourth-order valence-corrected chi connectivity index (χ4v) is 4.05. The predicted octanol–water partition coefficient (Wildman–Crippen LogP) is -2.54. The van der Waals surface area contributed by atoms with Crippen LogP contribution in [0.3, 0.4) is 0 Å². The zero-order chi connectivity index (χ0) is 29.8. The van der Waals surface area contributed by atoms with Crippen LogP contribution in [-0.2, 0) is 35.2 Å². The average Bonchev–Trinajstić information content (AvgIpc) is 3.40. The Labute approximate surface area is 232 Å². The van der Waals surface area contributed by atoms with E-state index in [1.807, 2.05) is 0 Å². The van der Waals surface area contributed by atoms with Crippen LogP contribution in [0.1, 0.15) is 58.6 Å². The van der Waals surface area contributed by atoms with Gasteiger partial charge in [-0.3, -0.25) is 28.8 Å². The molecule has 2 heterocycles. The Morgan fingerprint density at radius 1 is 0.975 bits per heavy atom. The molecule has 15 heteroatoms. The number of nitrogens with zero attached hydrogens (tertiary/aromatic N) is 1. The smallest absolute Gasteiger partial charge is 0.243 e. The molecule has 1 aromatic rings. The number of aromatic amines is 1. The van der Waals surface area contributed by atoms with Crippen LogP contribution in [-0.4, -0.2) is 82.2 Å². The monoisotopic (exact) mass is 563 g/mol. The van der Waals surface area contributed by atoms with E-state index in [-0.39, 0.29) is 37.5 Å². The molecule has 0 aliphatic carbocycles. The molecule has 0 bridgehead atoms. The molecule has 222 valence electrons. The number of amides is 6. The van der Waals surface area contributed by atoms with Crippen molar-refractivity contribution in [1.82, 2.24) is 36.6 Å². The summed E-state index contributed by atoms with van der Waals surface area (Å²) in [5.74, 6) is -3.92. The molecule has 15 nitrogen and oxygen atoms in total. The number of hydrogen-bond acceptors (Lipinski definition) is 8. The summed E-state index contributed by atoms with van der Waals surface area (Å²) in [6.45, 7) is 5.19. The van der Waals surface area contributed by atoms with Crippen molar-refractivity contribution in [2.45, 2.75) is 89.5 Å². The van der Waals surface area contributed by atoms with Gasteiger partial charge < -0.3 is 43.0 Å². The van der Waals surface area contributed by atoms with Gasteiger partial charge in [-0.25, -0.2) is 4.98 Å². The first kappa shape index (κ1) is 32.2. The molecule has 2 rings (SSSR count). The number of carbonyl (C=O) groups excluding carboxylic acids is 6. The zero-order valence-electron chi connectivity index (χ0n) is 23.1. The first-order valence-corrected chi connectivity index (χ1v) is 13.4. The van der Waals surface area contributed by atoms with Crippen LogP contribution < -0.4 is 38.1 Å². The van der Waals surface area contributed by atoms with Crippen LogP contribution in [0.4, 0.5) is 0 Å². The number of aromatic nitrogens is 2. The van der Waals surface area contributed by atoms with E-state index in [2.05, 4.69) is 36.6 Å². The molecule has 0 spiro atoms. The van der Waals surface area contributed by atoms with E-state index in [0.29, 0.717) is 25.1 Å². The van der Waals surface area contributed by atoms with E-state index in [1.54, 1.807) is 13.8 Å².